The molecule has 1 amide bonds. The molecule has 0 spiro atoms. The minimum atomic E-state index is -0.213. The van der Waals surface area contributed by atoms with Crippen LogP contribution in [0.25, 0.3) is 0 Å². The van der Waals surface area contributed by atoms with Crippen molar-refractivity contribution in [3.05, 3.63) is 53.6 Å². The van der Waals surface area contributed by atoms with Gasteiger partial charge < -0.3 is 14.8 Å². The van der Waals surface area contributed by atoms with Gasteiger partial charge >= 0.3 is 0 Å². The third-order valence-electron chi connectivity index (χ3n) is 3.75. The predicted octanol–water partition coefficient (Wildman–Crippen LogP) is 4.70. The number of benzene rings is 2. The van der Waals surface area contributed by atoms with Crippen molar-refractivity contribution >= 4 is 17.7 Å². The van der Waals surface area contributed by atoms with Crippen LogP contribution in [0.2, 0.25) is 0 Å². The molecule has 0 aliphatic rings. The molecule has 0 aromatic heterocycles. The van der Waals surface area contributed by atoms with E-state index in [2.05, 4.69) is 19.2 Å². The summed E-state index contributed by atoms with van der Waals surface area (Å²) in [6, 6.07) is 13.0. The fourth-order valence-corrected chi connectivity index (χ4v) is 3.49. The summed E-state index contributed by atoms with van der Waals surface area (Å²) in [5.74, 6) is 1.35. The number of carbonyl (C=O) groups is 1. The molecule has 0 radical (unpaired) electrons. The fraction of sp³-hybridized carbons (Fsp3) is 0.350. The average molecular weight is 359 g/mol. The maximum absolute atomic E-state index is 12.8. The SMILES string of the molecule is COc1ccc(OC)c([C@H](C)NC(=O)c2ccccc2SC(C)C)c1. The molecule has 0 fully saturated rings. The molecule has 25 heavy (non-hydrogen) atoms. The van der Waals surface area contributed by atoms with Gasteiger partial charge in [-0.05, 0) is 37.3 Å². The average Bonchev–Trinajstić information content (AvgIpc) is 2.60. The van der Waals surface area contributed by atoms with Gasteiger partial charge in [0.05, 0.1) is 25.8 Å². The van der Waals surface area contributed by atoms with E-state index in [-0.39, 0.29) is 11.9 Å². The molecule has 0 aliphatic heterocycles. The first-order chi connectivity index (χ1) is 12.0. The topological polar surface area (TPSA) is 47.6 Å². The van der Waals surface area contributed by atoms with Crippen LogP contribution in [0.5, 0.6) is 11.5 Å². The summed E-state index contributed by atoms with van der Waals surface area (Å²) in [7, 11) is 3.24. The Kier molecular flexibility index (Phi) is 6.76. The van der Waals surface area contributed by atoms with Gasteiger partial charge in [0.1, 0.15) is 11.5 Å². The highest BCUT2D eigenvalue weighted by molar-refractivity contribution is 8.00. The Morgan fingerprint density at radius 3 is 2.40 bits per heavy atom. The summed E-state index contributed by atoms with van der Waals surface area (Å²) in [6.45, 7) is 6.17. The van der Waals surface area contributed by atoms with Crippen molar-refractivity contribution in [2.24, 2.45) is 0 Å². The van der Waals surface area contributed by atoms with Gasteiger partial charge in [-0.3, -0.25) is 4.79 Å². The van der Waals surface area contributed by atoms with Gasteiger partial charge in [0.2, 0.25) is 0 Å². The summed E-state index contributed by atoms with van der Waals surface area (Å²) in [5, 5.41) is 3.47. The summed E-state index contributed by atoms with van der Waals surface area (Å²) in [4.78, 5) is 13.8. The Balaban J connectivity index is 2.24. The van der Waals surface area contributed by atoms with Crippen molar-refractivity contribution in [3.8, 4) is 11.5 Å². The van der Waals surface area contributed by atoms with Gasteiger partial charge in [-0.15, -0.1) is 11.8 Å². The molecule has 1 N–H and O–H groups in total. The van der Waals surface area contributed by atoms with E-state index in [0.29, 0.717) is 10.8 Å². The Labute approximate surface area is 153 Å². The summed E-state index contributed by atoms with van der Waals surface area (Å²) in [5.41, 5.74) is 1.57. The number of thioether (sulfide) groups is 1. The van der Waals surface area contributed by atoms with E-state index in [1.807, 2.05) is 49.4 Å². The van der Waals surface area contributed by atoms with Crippen LogP contribution < -0.4 is 14.8 Å². The zero-order valence-corrected chi connectivity index (χ0v) is 16.1. The zero-order valence-electron chi connectivity index (χ0n) is 15.3. The lowest BCUT2D eigenvalue weighted by Gasteiger charge is -2.19. The molecule has 5 heteroatoms. The maximum atomic E-state index is 12.8. The molecule has 2 aromatic carbocycles. The normalized spacial score (nSPS) is 11.9. The van der Waals surface area contributed by atoms with Crippen LogP contribution in [0.4, 0.5) is 0 Å². The number of amides is 1. The predicted molar refractivity (Wildman–Crippen MR) is 103 cm³/mol. The van der Waals surface area contributed by atoms with Crippen LogP contribution >= 0.6 is 11.8 Å². The van der Waals surface area contributed by atoms with E-state index >= 15 is 0 Å². The second-order valence-corrected chi connectivity index (χ2v) is 7.58. The molecule has 0 saturated heterocycles. The molecule has 0 heterocycles. The van der Waals surface area contributed by atoms with Crippen LogP contribution in [0.3, 0.4) is 0 Å². The van der Waals surface area contributed by atoms with Gasteiger partial charge in [-0.1, -0.05) is 26.0 Å². The lowest BCUT2D eigenvalue weighted by atomic mass is 10.1. The standard InChI is InChI=1S/C20H25NO3S/c1-13(2)25-19-9-7-6-8-16(19)20(22)21-14(3)17-12-15(23-4)10-11-18(17)24-5/h6-14H,1-5H3,(H,21,22)/t14-/m0/s1. The van der Waals surface area contributed by atoms with Gasteiger partial charge in [0.15, 0.2) is 0 Å². The third kappa shape index (κ3) is 4.92. The smallest absolute Gasteiger partial charge is 0.252 e. The molecule has 0 aliphatic carbocycles. The van der Waals surface area contributed by atoms with E-state index in [1.165, 1.54) is 0 Å². The number of methoxy groups -OCH3 is 2. The number of nitrogens with one attached hydrogen (secondary N) is 1. The van der Waals surface area contributed by atoms with E-state index in [9.17, 15) is 4.79 Å². The minimum absolute atomic E-state index is 0.0962. The van der Waals surface area contributed by atoms with Gasteiger partial charge in [-0.25, -0.2) is 0 Å². The highest BCUT2D eigenvalue weighted by Crippen LogP contribution is 2.30. The largest absolute Gasteiger partial charge is 0.497 e. The Hall–Kier alpha value is -2.14. The number of rotatable bonds is 7. The minimum Gasteiger partial charge on any atom is -0.497 e. The van der Waals surface area contributed by atoms with Crippen molar-refractivity contribution in [1.82, 2.24) is 5.32 Å². The van der Waals surface area contributed by atoms with Gasteiger partial charge in [0, 0.05) is 15.7 Å². The van der Waals surface area contributed by atoms with Crippen LogP contribution in [0, 0.1) is 0 Å². The zero-order chi connectivity index (χ0) is 18.4. The highest BCUT2D eigenvalue weighted by Gasteiger charge is 2.18. The lowest BCUT2D eigenvalue weighted by molar-refractivity contribution is 0.0936. The quantitative estimate of drug-likeness (QED) is 0.728. The van der Waals surface area contributed by atoms with E-state index in [1.54, 1.807) is 26.0 Å². The Bertz CT molecular complexity index is 731. The first-order valence-corrected chi connectivity index (χ1v) is 9.12. The van der Waals surface area contributed by atoms with E-state index in [4.69, 9.17) is 9.47 Å². The molecule has 1 atom stereocenters. The second kappa shape index (κ2) is 8.81. The van der Waals surface area contributed by atoms with Crippen LogP contribution in [-0.4, -0.2) is 25.4 Å². The van der Waals surface area contributed by atoms with Crippen LogP contribution in [0.1, 0.15) is 42.7 Å². The maximum Gasteiger partial charge on any atom is 0.252 e. The molecule has 134 valence electrons. The number of hydrogen-bond acceptors (Lipinski definition) is 4. The summed E-state index contributed by atoms with van der Waals surface area (Å²) >= 11 is 1.68. The molecular weight excluding hydrogens is 334 g/mol. The third-order valence-corrected chi connectivity index (χ3v) is 4.83. The number of ether oxygens (including phenoxy) is 2. The van der Waals surface area contributed by atoms with E-state index in [0.717, 1.165) is 22.0 Å². The van der Waals surface area contributed by atoms with Crippen molar-refractivity contribution in [2.75, 3.05) is 14.2 Å². The summed E-state index contributed by atoms with van der Waals surface area (Å²) in [6.07, 6.45) is 0. The Morgan fingerprint density at radius 1 is 1.04 bits per heavy atom. The molecular formula is C20H25NO3S. The van der Waals surface area contributed by atoms with Gasteiger partial charge in [0.25, 0.3) is 5.91 Å². The van der Waals surface area contributed by atoms with Crippen molar-refractivity contribution in [3.63, 3.8) is 0 Å². The van der Waals surface area contributed by atoms with Crippen LogP contribution in [-0.2, 0) is 0 Å². The summed E-state index contributed by atoms with van der Waals surface area (Å²) < 4.78 is 10.7. The molecule has 2 rings (SSSR count). The van der Waals surface area contributed by atoms with Crippen molar-refractivity contribution in [2.45, 2.75) is 37.0 Å². The molecule has 0 unspecified atom stereocenters. The first-order valence-electron chi connectivity index (χ1n) is 8.24. The van der Waals surface area contributed by atoms with Gasteiger partial charge in [-0.2, -0.15) is 0 Å². The van der Waals surface area contributed by atoms with Crippen molar-refractivity contribution < 1.29 is 14.3 Å². The highest BCUT2D eigenvalue weighted by atomic mass is 32.2. The van der Waals surface area contributed by atoms with Crippen molar-refractivity contribution in [1.29, 1.82) is 0 Å². The van der Waals surface area contributed by atoms with Crippen LogP contribution in [0.15, 0.2) is 47.4 Å². The molecule has 2 aromatic rings. The fourth-order valence-electron chi connectivity index (χ4n) is 2.54. The molecule has 4 nitrogen and oxygen atoms in total. The first kappa shape index (κ1) is 19.2. The Morgan fingerprint density at radius 2 is 1.76 bits per heavy atom. The molecule has 0 bridgehead atoms. The second-order valence-electron chi connectivity index (χ2n) is 5.97. The molecule has 0 saturated carbocycles. The lowest BCUT2D eigenvalue weighted by Crippen LogP contribution is -2.27. The number of carbonyl (C=O) groups excluding carboxylic acids is 1. The van der Waals surface area contributed by atoms with E-state index < -0.39 is 0 Å². The number of hydrogen-bond donors (Lipinski definition) is 1. The monoisotopic (exact) mass is 359 g/mol.